The number of nitrogens with zero attached hydrogens (tertiary/aromatic N) is 2. The first-order valence-electron chi connectivity index (χ1n) is 8.45. The van der Waals surface area contributed by atoms with Gasteiger partial charge in [-0.05, 0) is 31.5 Å². The van der Waals surface area contributed by atoms with Crippen LogP contribution in [0.4, 0.5) is 0 Å². The van der Waals surface area contributed by atoms with Crippen molar-refractivity contribution in [2.45, 2.75) is 19.4 Å². The van der Waals surface area contributed by atoms with Crippen molar-refractivity contribution in [1.82, 2.24) is 15.1 Å². The zero-order chi connectivity index (χ0) is 16.1. The summed E-state index contributed by atoms with van der Waals surface area (Å²) in [6.45, 7) is 6.64. The van der Waals surface area contributed by atoms with E-state index < -0.39 is 0 Å². The predicted molar refractivity (Wildman–Crippen MR) is 87.0 cm³/mol. The first-order chi connectivity index (χ1) is 11.2. The molecule has 3 heterocycles. The second-order valence-electron chi connectivity index (χ2n) is 6.83. The Morgan fingerprint density at radius 2 is 2.22 bits per heavy atom. The Kier molecular flexibility index (Phi) is 5.35. The molecule has 0 aromatic carbocycles. The van der Waals surface area contributed by atoms with Crippen LogP contribution < -0.4 is 5.32 Å². The summed E-state index contributed by atoms with van der Waals surface area (Å²) in [5.41, 5.74) is 0.120. The van der Waals surface area contributed by atoms with Crippen LogP contribution in [0.1, 0.15) is 18.6 Å². The molecule has 1 N–H and O–H groups in total. The standard InChI is InChI=1S/C17H27N3O3/c1-18-16(21)11-20-7-9-22-14-17(13-20)5-3-6-19(12-17)10-15-4-2-8-23-15/h2,4,8H,3,5-7,9-14H2,1H3,(H,18,21)/t17-/m1/s1. The van der Waals surface area contributed by atoms with Crippen molar-refractivity contribution in [2.24, 2.45) is 5.41 Å². The molecule has 2 aliphatic heterocycles. The Hall–Kier alpha value is -1.37. The number of carbonyl (C=O) groups excluding carboxylic acids is 1. The third kappa shape index (κ3) is 4.34. The SMILES string of the molecule is CNC(=O)CN1CCOC[C@@]2(CCCN(Cc3ccco3)C2)C1. The second-order valence-corrected chi connectivity index (χ2v) is 6.83. The second kappa shape index (κ2) is 7.47. The number of ether oxygens (including phenoxy) is 1. The van der Waals surface area contributed by atoms with Gasteiger partial charge in [0.25, 0.3) is 0 Å². The lowest BCUT2D eigenvalue weighted by Gasteiger charge is -2.43. The number of furan rings is 1. The summed E-state index contributed by atoms with van der Waals surface area (Å²) >= 11 is 0. The molecular weight excluding hydrogens is 294 g/mol. The van der Waals surface area contributed by atoms with Crippen molar-refractivity contribution < 1.29 is 13.9 Å². The molecule has 1 spiro atoms. The normalized spacial score (nSPS) is 27.0. The maximum Gasteiger partial charge on any atom is 0.233 e. The van der Waals surface area contributed by atoms with E-state index >= 15 is 0 Å². The lowest BCUT2D eigenvalue weighted by molar-refractivity contribution is -0.122. The van der Waals surface area contributed by atoms with Crippen LogP contribution in [0.25, 0.3) is 0 Å². The average Bonchev–Trinajstić information content (AvgIpc) is 2.97. The molecule has 0 bridgehead atoms. The zero-order valence-electron chi connectivity index (χ0n) is 13.9. The van der Waals surface area contributed by atoms with Crippen molar-refractivity contribution >= 4 is 5.91 Å². The van der Waals surface area contributed by atoms with Crippen LogP contribution >= 0.6 is 0 Å². The first kappa shape index (κ1) is 16.5. The van der Waals surface area contributed by atoms with E-state index in [0.29, 0.717) is 13.2 Å². The van der Waals surface area contributed by atoms with Crippen LogP contribution in [0.3, 0.4) is 0 Å². The number of hydrogen-bond acceptors (Lipinski definition) is 5. The smallest absolute Gasteiger partial charge is 0.233 e. The fraction of sp³-hybridized carbons (Fsp3) is 0.706. The highest BCUT2D eigenvalue weighted by atomic mass is 16.5. The van der Waals surface area contributed by atoms with Gasteiger partial charge < -0.3 is 14.5 Å². The minimum absolute atomic E-state index is 0.0744. The summed E-state index contributed by atoms with van der Waals surface area (Å²) in [4.78, 5) is 16.4. The van der Waals surface area contributed by atoms with E-state index in [1.807, 2.05) is 12.1 Å². The van der Waals surface area contributed by atoms with Crippen LogP contribution in [-0.4, -0.2) is 68.7 Å². The largest absolute Gasteiger partial charge is 0.468 e. The third-order valence-electron chi connectivity index (χ3n) is 4.87. The maximum absolute atomic E-state index is 11.7. The highest BCUT2D eigenvalue weighted by molar-refractivity contribution is 5.77. The minimum Gasteiger partial charge on any atom is -0.468 e. The van der Waals surface area contributed by atoms with Gasteiger partial charge >= 0.3 is 0 Å². The number of carbonyl (C=O) groups is 1. The summed E-state index contributed by atoms with van der Waals surface area (Å²) in [6.07, 6.45) is 4.05. The van der Waals surface area contributed by atoms with E-state index in [9.17, 15) is 4.79 Å². The Bertz CT molecular complexity index is 505. The predicted octanol–water partition coefficient (Wildman–Crippen LogP) is 0.940. The Labute approximate surface area is 137 Å². The molecular formula is C17H27N3O3. The molecule has 6 nitrogen and oxygen atoms in total. The van der Waals surface area contributed by atoms with Crippen molar-refractivity contribution in [3.05, 3.63) is 24.2 Å². The van der Waals surface area contributed by atoms with Gasteiger partial charge in [-0.15, -0.1) is 0 Å². The molecule has 2 aliphatic rings. The van der Waals surface area contributed by atoms with Crippen molar-refractivity contribution in [2.75, 3.05) is 53.0 Å². The number of likely N-dealkylation sites (N-methyl/N-ethyl adjacent to an activating group) is 1. The molecule has 2 fully saturated rings. The molecule has 1 amide bonds. The fourth-order valence-electron chi connectivity index (χ4n) is 3.81. The highest BCUT2D eigenvalue weighted by Gasteiger charge is 2.39. The molecule has 128 valence electrons. The average molecular weight is 321 g/mol. The number of likely N-dealkylation sites (tertiary alicyclic amines) is 1. The van der Waals surface area contributed by atoms with E-state index in [1.54, 1.807) is 13.3 Å². The van der Waals surface area contributed by atoms with Crippen molar-refractivity contribution in [1.29, 1.82) is 0 Å². The molecule has 0 unspecified atom stereocenters. The summed E-state index contributed by atoms with van der Waals surface area (Å²) < 4.78 is 11.4. The van der Waals surface area contributed by atoms with Crippen molar-refractivity contribution in [3.8, 4) is 0 Å². The van der Waals surface area contributed by atoms with Gasteiger partial charge in [-0.1, -0.05) is 0 Å². The zero-order valence-corrected chi connectivity index (χ0v) is 13.9. The monoisotopic (exact) mass is 321 g/mol. The molecule has 1 atom stereocenters. The van der Waals surface area contributed by atoms with E-state index in [4.69, 9.17) is 9.15 Å². The summed E-state index contributed by atoms with van der Waals surface area (Å²) in [5, 5.41) is 2.72. The van der Waals surface area contributed by atoms with E-state index in [0.717, 1.165) is 57.9 Å². The van der Waals surface area contributed by atoms with Crippen LogP contribution in [0, 0.1) is 5.41 Å². The minimum atomic E-state index is 0.0744. The Morgan fingerprint density at radius 1 is 1.35 bits per heavy atom. The first-order valence-corrected chi connectivity index (χ1v) is 8.45. The number of piperidine rings is 1. The quantitative estimate of drug-likeness (QED) is 0.894. The molecule has 1 aromatic rings. The summed E-state index contributed by atoms with van der Waals surface area (Å²) in [5.74, 6) is 1.09. The van der Waals surface area contributed by atoms with Gasteiger partial charge in [0.1, 0.15) is 5.76 Å². The van der Waals surface area contributed by atoms with E-state index in [-0.39, 0.29) is 11.3 Å². The molecule has 2 saturated heterocycles. The highest BCUT2D eigenvalue weighted by Crippen LogP contribution is 2.33. The number of amides is 1. The van der Waals surface area contributed by atoms with Crippen LogP contribution in [0.15, 0.2) is 22.8 Å². The van der Waals surface area contributed by atoms with Gasteiger partial charge in [-0.2, -0.15) is 0 Å². The number of nitrogens with one attached hydrogen (secondary N) is 1. The molecule has 6 heteroatoms. The van der Waals surface area contributed by atoms with Gasteiger partial charge in [0.15, 0.2) is 0 Å². The Morgan fingerprint density at radius 3 is 3.00 bits per heavy atom. The van der Waals surface area contributed by atoms with Crippen LogP contribution in [0.5, 0.6) is 0 Å². The number of hydrogen-bond donors (Lipinski definition) is 1. The summed E-state index contributed by atoms with van der Waals surface area (Å²) in [6, 6.07) is 3.97. The van der Waals surface area contributed by atoms with Gasteiger partial charge in [0.2, 0.25) is 5.91 Å². The molecule has 1 aromatic heterocycles. The van der Waals surface area contributed by atoms with Gasteiger partial charge in [-0.25, -0.2) is 0 Å². The van der Waals surface area contributed by atoms with E-state index in [1.165, 1.54) is 0 Å². The van der Waals surface area contributed by atoms with Gasteiger partial charge in [0.05, 0.1) is 32.6 Å². The molecule has 23 heavy (non-hydrogen) atoms. The Balaban J connectivity index is 1.64. The lowest BCUT2D eigenvalue weighted by Crippen LogP contribution is -2.51. The van der Waals surface area contributed by atoms with Crippen LogP contribution in [-0.2, 0) is 16.1 Å². The van der Waals surface area contributed by atoms with Crippen molar-refractivity contribution in [3.63, 3.8) is 0 Å². The van der Waals surface area contributed by atoms with Gasteiger partial charge in [0, 0.05) is 32.1 Å². The molecule has 0 radical (unpaired) electrons. The molecule has 0 aliphatic carbocycles. The topological polar surface area (TPSA) is 58.0 Å². The maximum atomic E-state index is 11.7. The lowest BCUT2D eigenvalue weighted by atomic mass is 9.80. The van der Waals surface area contributed by atoms with E-state index in [2.05, 4.69) is 15.1 Å². The van der Waals surface area contributed by atoms with Crippen LogP contribution in [0.2, 0.25) is 0 Å². The van der Waals surface area contributed by atoms with Gasteiger partial charge in [-0.3, -0.25) is 14.6 Å². The number of rotatable bonds is 4. The summed E-state index contributed by atoms with van der Waals surface area (Å²) in [7, 11) is 1.69. The fourth-order valence-corrected chi connectivity index (χ4v) is 3.81. The molecule has 0 saturated carbocycles. The third-order valence-corrected chi connectivity index (χ3v) is 4.87. The molecule has 3 rings (SSSR count).